The number of rotatable bonds is 13. The van der Waals surface area contributed by atoms with Crippen LogP contribution in [0.3, 0.4) is 0 Å². The number of unbranched alkanes of at least 4 members (excludes halogenated alkanes) is 1. The summed E-state index contributed by atoms with van der Waals surface area (Å²) in [6, 6.07) is 8.97. The molecule has 4 rings (SSSR count). The average Bonchev–Trinajstić information content (AvgIpc) is 3.60. The van der Waals surface area contributed by atoms with Gasteiger partial charge in [-0.2, -0.15) is 0 Å². The number of amides is 7. The van der Waals surface area contributed by atoms with E-state index in [0.29, 0.717) is 19.3 Å². The van der Waals surface area contributed by atoms with Crippen molar-refractivity contribution in [2.45, 2.75) is 174 Å². The summed E-state index contributed by atoms with van der Waals surface area (Å²) >= 11 is 0. The molecule has 386 valence electrons. The Balaban J connectivity index is 1.64. The number of carbonyl (C=O) groups excluding carboxylic acids is 7. The van der Waals surface area contributed by atoms with Gasteiger partial charge in [0, 0.05) is 25.4 Å². The Morgan fingerprint density at radius 2 is 1.36 bits per heavy atom. The van der Waals surface area contributed by atoms with Crippen molar-refractivity contribution in [1.82, 2.24) is 37.2 Å². The van der Waals surface area contributed by atoms with Crippen molar-refractivity contribution in [2.75, 3.05) is 19.7 Å². The van der Waals surface area contributed by atoms with Crippen LogP contribution >= 0.6 is 0 Å². The Morgan fingerprint density at radius 3 is 1.96 bits per heavy atom. The van der Waals surface area contributed by atoms with Gasteiger partial charge in [-0.3, -0.25) is 24.0 Å². The van der Waals surface area contributed by atoms with Gasteiger partial charge in [0.05, 0.1) is 11.7 Å². The van der Waals surface area contributed by atoms with Crippen LogP contribution < -0.4 is 37.2 Å². The quantitative estimate of drug-likeness (QED) is 0.124. The van der Waals surface area contributed by atoms with Gasteiger partial charge < -0.3 is 56.5 Å². The zero-order chi connectivity index (χ0) is 51.8. The molecule has 1 saturated heterocycles. The van der Waals surface area contributed by atoms with E-state index in [1.54, 1.807) is 55.4 Å². The molecule has 19 heteroatoms. The minimum Gasteiger partial charge on any atom is -0.480 e. The first-order valence-electron chi connectivity index (χ1n) is 24.4. The molecule has 7 amide bonds. The number of hydrogen-bond donors (Lipinski definition) is 8. The molecule has 0 saturated carbocycles. The number of alkyl carbamates (subject to hydrolysis) is 2. The molecule has 0 aromatic heterocycles. The van der Waals surface area contributed by atoms with Crippen LogP contribution in [0.25, 0.3) is 11.1 Å². The topological polar surface area (TPSA) is 269 Å². The minimum absolute atomic E-state index is 0.00241. The summed E-state index contributed by atoms with van der Waals surface area (Å²) in [7, 11) is 0. The van der Waals surface area contributed by atoms with Gasteiger partial charge >= 0.3 is 18.2 Å². The van der Waals surface area contributed by atoms with Crippen LogP contribution in [0.1, 0.15) is 137 Å². The molecule has 0 unspecified atom stereocenters. The van der Waals surface area contributed by atoms with Crippen molar-refractivity contribution < 1.29 is 57.7 Å². The molecule has 1 heterocycles. The zero-order valence-electron chi connectivity index (χ0n) is 42.2. The maximum absolute atomic E-state index is 14.5. The number of carboxylic acid groups (broad SMARTS) is 1. The fraction of sp³-hybridized carbons (Fsp3) is 0.608. The molecule has 1 fully saturated rings. The van der Waals surface area contributed by atoms with Crippen molar-refractivity contribution in [1.29, 1.82) is 0 Å². The summed E-state index contributed by atoms with van der Waals surface area (Å²) in [5.74, 6) is -5.67. The summed E-state index contributed by atoms with van der Waals surface area (Å²) in [5.41, 5.74) is 2.51. The molecular formula is C51H75N7O12. The number of benzene rings is 2. The zero-order valence-corrected chi connectivity index (χ0v) is 42.2. The third kappa shape index (κ3) is 17.6. The maximum Gasteiger partial charge on any atom is 0.407 e. The molecule has 1 aliphatic heterocycles. The van der Waals surface area contributed by atoms with Crippen LogP contribution in [0, 0.1) is 5.92 Å². The largest absolute Gasteiger partial charge is 0.480 e. The van der Waals surface area contributed by atoms with E-state index >= 15 is 0 Å². The van der Waals surface area contributed by atoms with Gasteiger partial charge in [-0.25, -0.2) is 14.4 Å². The Morgan fingerprint density at radius 1 is 0.743 bits per heavy atom. The molecule has 8 N–H and O–H groups in total. The second-order valence-electron chi connectivity index (χ2n) is 20.1. The summed E-state index contributed by atoms with van der Waals surface area (Å²) in [6.07, 6.45) is -1.26. The third-order valence-corrected chi connectivity index (χ3v) is 12.1. The van der Waals surface area contributed by atoms with Crippen LogP contribution in [0.15, 0.2) is 48.5 Å². The first kappa shape index (κ1) is 56.3. The highest BCUT2D eigenvalue weighted by Gasteiger charge is 2.38. The second-order valence-corrected chi connectivity index (χ2v) is 20.1. The maximum atomic E-state index is 14.5. The second kappa shape index (κ2) is 26.1. The van der Waals surface area contributed by atoms with E-state index in [4.69, 9.17) is 14.2 Å². The number of carbonyl (C=O) groups is 8. The van der Waals surface area contributed by atoms with Crippen LogP contribution in [0.5, 0.6) is 0 Å². The van der Waals surface area contributed by atoms with Crippen LogP contribution in [-0.2, 0) is 43.0 Å². The van der Waals surface area contributed by atoms with Crippen molar-refractivity contribution in [3.05, 3.63) is 59.7 Å². The molecule has 2 aliphatic rings. The fourth-order valence-electron chi connectivity index (χ4n) is 8.37. The predicted molar refractivity (Wildman–Crippen MR) is 261 cm³/mol. The Kier molecular flexibility index (Phi) is 21.0. The van der Waals surface area contributed by atoms with Crippen LogP contribution in [0.4, 0.5) is 9.59 Å². The minimum atomic E-state index is -1.40. The lowest BCUT2D eigenvalue weighted by Gasteiger charge is -2.33. The van der Waals surface area contributed by atoms with E-state index in [9.17, 15) is 43.5 Å². The smallest absolute Gasteiger partial charge is 0.407 e. The summed E-state index contributed by atoms with van der Waals surface area (Å²) in [6.45, 7) is 15.9. The van der Waals surface area contributed by atoms with Crippen LogP contribution in [0.2, 0.25) is 0 Å². The van der Waals surface area contributed by atoms with Crippen molar-refractivity contribution in [2.24, 2.45) is 5.92 Å². The van der Waals surface area contributed by atoms with Gasteiger partial charge in [-0.15, -0.1) is 0 Å². The molecule has 0 spiro atoms. The standard InChI is InChI=1S/C51H75N7O12/c1-10-30(2)41-45(62)58-42(31(3)69-50(4,5)6)46(63)55-39(47(64)65)24-16-17-27-52-40(59)26-25-38(43(60)54-37(44(61)57-41)23-15-18-28-53-48(66)70-51(7,8)9)56-49(67)68-29-36-34-21-13-11-19-32(34)33-20-12-14-22-35(33)36/h11-14,19-22,30-31,36-39,41-42H,10,15-18,23-29H2,1-9H3,(H,52,59)(H,53,66)(H,54,60)(H,55,63)(H,56,67)(H,57,61)(H,58,62)(H,64,65)/t30-,31+,37-,38-,39-,41-,42-/m0/s1. The highest BCUT2D eigenvalue weighted by Crippen LogP contribution is 2.44. The van der Waals surface area contributed by atoms with E-state index in [-0.39, 0.29) is 64.1 Å². The number of ether oxygens (including phenoxy) is 3. The summed E-state index contributed by atoms with van der Waals surface area (Å²) in [4.78, 5) is 109. The Labute approximate surface area is 411 Å². The fourth-order valence-corrected chi connectivity index (χ4v) is 8.37. The van der Waals surface area contributed by atoms with E-state index in [1.807, 2.05) is 55.5 Å². The molecule has 19 nitrogen and oxygen atoms in total. The molecule has 2 aromatic carbocycles. The lowest BCUT2D eigenvalue weighted by Crippen LogP contribution is -2.62. The van der Waals surface area contributed by atoms with E-state index < -0.39 is 101 Å². The Bertz CT molecular complexity index is 2110. The van der Waals surface area contributed by atoms with Crippen molar-refractivity contribution in [3.63, 3.8) is 0 Å². The lowest BCUT2D eigenvalue weighted by molar-refractivity contribution is -0.145. The lowest BCUT2D eigenvalue weighted by atomic mass is 9.96. The summed E-state index contributed by atoms with van der Waals surface area (Å²) in [5, 5.41) is 29.0. The molecule has 1 aliphatic carbocycles. The van der Waals surface area contributed by atoms with Gasteiger partial charge in [0.25, 0.3) is 0 Å². The van der Waals surface area contributed by atoms with E-state index in [0.717, 1.165) is 22.3 Å². The first-order valence-corrected chi connectivity index (χ1v) is 24.4. The van der Waals surface area contributed by atoms with Gasteiger partial charge in [0.15, 0.2) is 0 Å². The summed E-state index contributed by atoms with van der Waals surface area (Å²) < 4.78 is 17.2. The molecule has 2 aromatic rings. The molecule has 70 heavy (non-hydrogen) atoms. The van der Waals surface area contributed by atoms with Gasteiger partial charge in [0.1, 0.15) is 42.4 Å². The molecule has 0 radical (unpaired) electrons. The number of hydrogen-bond acceptors (Lipinski definition) is 11. The number of aliphatic carboxylic acids is 1. The molecule has 0 bridgehead atoms. The molecule has 7 atom stereocenters. The molecular weight excluding hydrogens is 903 g/mol. The average molecular weight is 978 g/mol. The van der Waals surface area contributed by atoms with E-state index in [1.165, 1.54) is 0 Å². The Hall–Kier alpha value is -6.24. The van der Waals surface area contributed by atoms with E-state index in [2.05, 4.69) is 37.2 Å². The number of fused-ring (bicyclic) bond motifs is 3. The van der Waals surface area contributed by atoms with Crippen molar-refractivity contribution in [3.8, 4) is 11.1 Å². The van der Waals surface area contributed by atoms with Gasteiger partial charge in [-0.1, -0.05) is 68.8 Å². The number of nitrogens with one attached hydrogen (secondary N) is 7. The monoisotopic (exact) mass is 978 g/mol. The highest BCUT2D eigenvalue weighted by atomic mass is 16.6. The normalized spacial score (nSPS) is 22.2. The SMILES string of the molecule is CC[C@H](C)[C@@H]1NC(=O)[C@H](CCCCNC(=O)OC(C)(C)C)NC(=O)[C@@H](NC(=O)OCC2c3ccccc3-c3ccccc32)CCC(=O)NCCCC[C@@H](C(=O)O)NC(=O)[C@H]([C@@H](C)OC(C)(C)C)NC1=O. The highest BCUT2D eigenvalue weighted by molar-refractivity contribution is 5.96. The number of carboxylic acids is 1. The predicted octanol–water partition coefficient (Wildman–Crippen LogP) is 4.94. The van der Waals surface area contributed by atoms with Gasteiger partial charge in [-0.05, 0) is 122 Å². The van der Waals surface area contributed by atoms with Gasteiger partial charge in [0.2, 0.25) is 29.5 Å². The third-order valence-electron chi connectivity index (χ3n) is 12.1. The van der Waals surface area contributed by atoms with Crippen LogP contribution in [-0.4, -0.2) is 120 Å². The van der Waals surface area contributed by atoms with Crippen molar-refractivity contribution >= 4 is 47.7 Å². The first-order chi connectivity index (χ1) is 33.0.